The van der Waals surface area contributed by atoms with Crippen LogP contribution in [0.3, 0.4) is 0 Å². The average molecular weight is 294 g/mol. The molecule has 0 atom stereocenters. The molecule has 1 heterocycles. The fourth-order valence-corrected chi connectivity index (χ4v) is 1.81. The van der Waals surface area contributed by atoms with Gasteiger partial charge in [0.1, 0.15) is 5.82 Å². The van der Waals surface area contributed by atoms with Crippen LogP contribution in [-0.4, -0.2) is 48.2 Å². The van der Waals surface area contributed by atoms with Crippen LogP contribution in [0, 0.1) is 0 Å². The number of hydrogen-bond acceptors (Lipinski definition) is 5. The zero-order chi connectivity index (χ0) is 15.8. The largest absolute Gasteiger partial charge is 0.490 e. The van der Waals surface area contributed by atoms with Crippen molar-refractivity contribution >= 4 is 0 Å². The molecule has 0 unspecified atom stereocenters. The van der Waals surface area contributed by atoms with Gasteiger partial charge in [-0.3, -0.25) is 0 Å². The molecular weight excluding hydrogens is 264 g/mol. The topological polar surface area (TPSA) is 50.3 Å². The van der Waals surface area contributed by atoms with Gasteiger partial charge in [0.15, 0.2) is 5.75 Å². The molecule has 0 saturated carbocycles. The SMILES string of the molecule is CC(C)NCc1nc(C(C)C)ncc1OCCCN(C)C. The summed E-state index contributed by atoms with van der Waals surface area (Å²) in [5, 5.41) is 3.40. The molecule has 0 fully saturated rings. The first-order valence-electron chi connectivity index (χ1n) is 7.77. The number of nitrogens with one attached hydrogen (secondary N) is 1. The molecule has 0 amide bonds. The second-order valence-electron chi connectivity index (χ2n) is 6.23. The number of ether oxygens (including phenoxy) is 1. The third kappa shape index (κ3) is 6.87. The molecule has 1 N–H and O–H groups in total. The molecule has 0 bridgehead atoms. The zero-order valence-electron chi connectivity index (χ0n) is 14.3. The average Bonchev–Trinajstić information content (AvgIpc) is 2.41. The molecule has 1 rings (SSSR count). The summed E-state index contributed by atoms with van der Waals surface area (Å²) < 4.78 is 5.86. The molecule has 0 saturated heterocycles. The van der Waals surface area contributed by atoms with Gasteiger partial charge >= 0.3 is 0 Å². The van der Waals surface area contributed by atoms with E-state index in [1.54, 1.807) is 0 Å². The summed E-state index contributed by atoms with van der Waals surface area (Å²) in [6.07, 6.45) is 2.81. The van der Waals surface area contributed by atoms with Crippen LogP contribution in [0.15, 0.2) is 6.20 Å². The Kier molecular flexibility index (Phi) is 7.61. The second-order valence-corrected chi connectivity index (χ2v) is 6.23. The Morgan fingerprint density at radius 1 is 1.24 bits per heavy atom. The Bertz CT molecular complexity index is 419. The van der Waals surface area contributed by atoms with Gasteiger partial charge in [0.25, 0.3) is 0 Å². The van der Waals surface area contributed by atoms with Gasteiger partial charge in [-0.2, -0.15) is 0 Å². The Hall–Kier alpha value is -1.20. The van der Waals surface area contributed by atoms with Crippen molar-refractivity contribution in [3.63, 3.8) is 0 Å². The van der Waals surface area contributed by atoms with Crippen LogP contribution in [0.25, 0.3) is 0 Å². The molecule has 1 aromatic rings. The van der Waals surface area contributed by atoms with Crippen LogP contribution in [0.2, 0.25) is 0 Å². The van der Waals surface area contributed by atoms with E-state index in [-0.39, 0.29) is 0 Å². The van der Waals surface area contributed by atoms with E-state index in [0.29, 0.717) is 25.1 Å². The maximum Gasteiger partial charge on any atom is 0.160 e. The van der Waals surface area contributed by atoms with Crippen LogP contribution in [-0.2, 0) is 6.54 Å². The number of hydrogen-bond donors (Lipinski definition) is 1. The lowest BCUT2D eigenvalue weighted by Gasteiger charge is -2.15. The minimum absolute atomic E-state index is 0.325. The summed E-state index contributed by atoms with van der Waals surface area (Å²) in [5.41, 5.74) is 0.951. The van der Waals surface area contributed by atoms with Crippen molar-refractivity contribution in [3.05, 3.63) is 17.7 Å². The first kappa shape index (κ1) is 17.9. The van der Waals surface area contributed by atoms with Gasteiger partial charge in [-0.05, 0) is 20.5 Å². The molecule has 0 aliphatic carbocycles. The molecule has 0 aromatic carbocycles. The predicted octanol–water partition coefficient (Wildman–Crippen LogP) is 2.43. The van der Waals surface area contributed by atoms with Gasteiger partial charge < -0.3 is 15.0 Å². The van der Waals surface area contributed by atoms with E-state index < -0.39 is 0 Å². The molecule has 1 aromatic heterocycles. The molecule has 120 valence electrons. The van der Waals surface area contributed by atoms with E-state index in [4.69, 9.17) is 4.74 Å². The Morgan fingerprint density at radius 2 is 1.95 bits per heavy atom. The highest BCUT2D eigenvalue weighted by molar-refractivity contribution is 5.25. The molecule has 21 heavy (non-hydrogen) atoms. The van der Waals surface area contributed by atoms with Gasteiger partial charge in [-0.25, -0.2) is 9.97 Å². The Balaban J connectivity index is 2.70. The van der Waals surface area contributed by atoms with Crippen LogP contribution in [0.5, 0.6) is 5.75 Å². The lowest BCUT2D eigenvalue weighted by Crippen LogP contribution is -2.23. The zero-order valence-corrected chi connectivity index (χ0v) is 14.3. The third-order valence-electron chi connectivity index (χ3n) is 3.05. The first-order chi connectivity index (χ1) is 9.90. The molecule has 0 spiro atoms. The lowest BCUT2D eigenvalue weighted by atomic mass is 10.2. The van der Waals surface area contributed by atoms with Crippen molar-refractivity contribution in [2.75, 3.05) is 27.2 Å². The summed E-state index contributed by atoms with van der Waals surface area (Å²) in [4.78, 5) is 11.2. The standard InChI is InChI=1S/C16H30N4O/c1-12(2)16-18-11-15(21-9-7-8-20(5)6)14(19-16)10-17-13(3)4/h11-13,17H,7-10H2,1-6H3. The van der Waals surface area contributed by atoms with Crippen LogP contribution in [0.1, 0.15) is 51.6 Å². The van der Waals surface area contributed by atoms with Crippen molar-refractivity contribution in [3.8, 4) is 5.75 Å². The van der Waals surface area contributed by atoms with E-state index in [9.17, 15) is 0 Å². The van der Waals surface area contributed by atoms with Gasteiger partial charge in [-0.15, -0.1) is 0 Å². The van der Waals surface area contributed by atoms with E-state index in [1.165, 1.54) is 0 Å². The third-order valence-corrected chi connectivity index (χ3v) is 3.05. The summed E-state index contributed by atoms with van der Waals surface area (Å²) in [6, 6.07) is 0.420. The smallest absolute Gasteiger partial charge is 0.160 e. The molecule has 5 nitrogen and oxygen atoms in total. The summed E-state index contributed by atoms with van der Waals surface area (Å²) in [7, 11) is 4.14. The quantitative estimate of drug-likeness (QED) is 0.709. The van der Waals surface area contributed by atoms with Crippen LogP contribution >= 0.6 is 0 Å². The minimum Gasteiger partial charge on any atom is -0.490 e. The molecule has 0 radical (unpaired) electrons. The lowest BCUT2D eigenvalue weighted by molar-refractivity contribution is 0.276. The van der Waals surface area contributed by atoms with Gasteiger partial charge in [0.2, 0.25) is 0 Å². The summed E-state index contributed by atoms with van der Waals surface area (Å²) in [6.45, 7) is 10.9. The number of nitrogens with zero attached hydrogens (tertiary/aromatic N) is 3. The number of aromatic nitrogens is 2. The van der Waals surface area contributed by atoms with E-state index in [2.05, 4.69) is 62.0 Å². The highest BCUT2D eigenvalue weighted by Gasteiger charge is 2.11. The fraction of sp³-hybridized carbons (Fsp3) is 0.750. The van der Waals surface area contributed by atoms with E-state index >= 15 is 0 Å². The fourth-order valence-electron chi connectivity index (χ4n) is 1.81. The molecule has 5 heteroatoms. The molecule has 0 aliphatic heterocycles. The predicted molar refractivity (Wildman–Crippen MR) is 86.8 cm³/mol. The Morgan fingerprint density at radius 3 is 2.52 bits per heavy atom. The summed E-state index contributed by atoms with van der Waals surface area (Å²) >= 11 is 0. The Labute approximate surface area is 129 Å². The van der Waals surface area contributed by atoms with Crippen molar-refractivity contribution in [1.29, 1.82) is 0 Å². The second kappa shape index (κ2) is 8.95. The highest BCUT2D eigenvalue weighted by atomic mass is 16.5. The van der Waals surface area contributed by atoms with Crippen LogP contribution < -0.4 is 10.1 Å². The highest BCUT2D eigenvalue weighted by Crippen LogP contribution is 2.18. The van der Waals surface area contributed by atoms with Gasteiger partial charge in [0.05, 0.1) is 18.5 Å². The number of rotatable bonds is 9. The minimum atomic E-state index is 0.325. The monoisotopic (exact) mass is 294 g/mol. The van der Waals surface area contributed by atoms with Crippen molar-refractivity contribution in [2.24, 2.45) is 0 Å². The normalized spacial score (nSPS) is 11.7. The van der Waals surface area contributed by atoms with Gasteiger partial charge in [-0.1, -0.05) is 27.7 Å². The maximum atomic E-state index is 5.86. The molecule has 0 aliphatic rings. The van der Waals surface area contributed by atoms with E-state index in [1.807, 2.05) is 6.20 Å². The first-order valence-corrected chi connectivity index (χ1v) is 7.77. The van der Waals surface area contributed by atoms with Crippen molar-refractivity contribution < 1.29 is 4.74 Å². The van der Waals surface area contributed by atoms with Crippen molar-refractivity contribution in [1.82, 2.24) is 20.2 Å². The van der Waals surface area contributed by atoms with Gasteiger partial charge in [0, 0.05) is 25.0 Å². The maximum absolute atomic E-state index is 5.86. The van der Waals surface area contributed by atoms with Crippen LogP contribution in [0.4, 0.5) is 0 Å². The summed E-state index contributed by atoms with van der Waals surface area (Å²) in [5.74, 6) is 1.99. The van der Waals surface area contributed by atoms with Crippen molar-refractivity contribution in [2.45, 2.75) is 52.6 Å². The molecular formula is C16H30N4O. The van der Waals surface area contributed by atoms with E-state index in [0.717, 1.165) is 30.2 Å².